The minimum Gasteiger partial charge on any atom is -0.481 e. The first-order chi connectivity index (χ1) is 17.6. The Hall–Kier alpha value is -5.13. The van der Waals surface area contributed by atoms with E-state index in [0.717, 1.165) is 22.5 Å². The second kappa shape index (κ2) is 12.0. The number of hydrogen-bond acceptors (Lipinski definition) is 5. The van der Waals surface area contributed by atoms with Crippen LogP contribution in [-0.4, -0.2) is 51.8 Å². The second-order valence-electron chi connectivity index (χ2n) is 8.15. The molecule has 0 aliphatic heterocycles. The first kappa shape index (κ1) is 26.5. The van der Waals surface area contributed by atoms with E-state index in [9.17, 15) is 24.3 Å². The van der Waals surface area contributed by atoms with Crippen molar-refractivity contribution in [2.24, 2.45) is 22.2 Å². The SMILES string of the molecule is NC(=O)[C@H](Cc1c[nH]c2ccccc12)NC(=O)[C@H](CC(=O)O)NC(=O)C=Cc1ccc(N=C(N)N)cc1. The number of H-pyrrole nitrogens is 1. The predicted molar refractivity (Wildman–Crippen MR) is 138 cm³/mol. The van der Waals surface area contributed by atoms with Crippen LogP contribution in [0.3, 0.4) is 0 Å². The lowest BCUT2D eigenvalue weighted by Crippen LogP contribution is -2.54. The fraction of sp³-hybridized carbons (Fsp3) is 0.160. The summed E-state index contributed by atoms with van der Waals surface area (Å²) in [6, 6.07) is 11.4. The van der Waals surface area contributed by atoms with Crippen molar-refractivity contribution in [1.82, 2.24) is 15.6 Å². The molecule has 1 heterocycles. The number of nitrogens with one attached hydrogen (secondary N) is 3. The Morgan fingerprint density at radius 2 is 1.68 bits per heavy atom. The van der Waals surface area contributed by atoms with Crippen molar-refractivity contribution < 1.29 is 24.3 Å². The number of aliphatic carboxylic acids is 1. The van der Waals surface area contributed by atoms with Crippen molar-refractivity contribution in [3.05, 3.63) is 71.9 Å². The number of nitrogens with zero attached hydrogens (tertiary/aromatic N) is 1. The van der Waals surface area contributed by atoms with Gasteiger partial charge in [-0.25, -0.2) is 4.99 Å². The first-order valence-corrected chi connectivity index (χ1v) is 11.2. The van der Waals surface area contributed by atoms with Crippen LogP contribution in [0.2, 0.25) is 0 Å². The summed E-state index contributed by atoms with van der Waals surface area (Å²) in [6.45, 7) is 0. The lowest BCUT2D eigenvalue weighted by Gasteiger charge is -2.20. The summed E-state index contributed by atoms with van der Waals surface area (Å²) in [5.41, 5.74) is 18.9. The maximum Gasteiger partial charge on any atom is 0.305 e. The zero-order valence-electron chi connectivity index (χ0n) is 19.7. The van der Waals surface area contributed by atoms with Crippen molar-refractivity contribution >= 4 is 52.3 Å². The minimum atomic E-state index is -1.44. The van der Waals surface area contributed by atoms with E-state index in [-0.39, 0.29) is 12.4 Å². The predicted octanol–water partition coefficient (Wildman–Crippen LogP) is 0.258. The fourth-order valence-corrected chi connectivity index (χ4v) is 3.60. The van der Waals surface area contributed by atoms with E-state index in [1.54, 1.807) is 30.5 Å². The van der Waals surface area contributed by atoms with Crippen LogP contribution in [0.25, 0.3) is 17.0 Å². The summed E-state index contributed by atoms with van der Waals surface area (Å²) in [7, 11) is 0. The second-order valence-corrected chi connectivity index (χ2v) is 8.15. The number of primary amides is 1. The van der Waals surface area contributed by atoms with Gasteiger partial charge in [0.05, 0.1) is 12.1 Å². The number of aliphatic imine (C=N–C) groups is 1. The molecule has 3 amide bonds. The summed E-state index contributed by atoms with van der Waals surface area (Å²) in [4.78, 5) is 55.6. The maximum absolute atomic E-state index is 12.9. The van der Waals surface area contributed by atoms with Gasteiger partial charge < -0.3 is 37.9 Å². The third-order valence-corrected chi connectivity index (χ3v) is 5.35. The summed E-state index contributed by atoms with van der Waals surface area (Å²) in [5, 5.41) is 14.9. The van der Waals surface area contributed by atoms with E-state index < -0.39 is 42.2 Å². The molecule has 12 nitrogen and oxygen atoms in total. The number of amides is 3. The average molecular weight is 506 g/mol. The molecule has 12 heteroatoms. The molecule has 37 heavy (non-hydrogen) atoms. The standard InChI is InChI=1S/C25H27N7O5/c26-23(36)19(11-15-13-29-18-4-2-1-3-17(15)18)32-24(37)20(12-22(34)35)31-21(33)10-7-14-5-8-16(9-6-14)30-25(27)28/h1-10,13,19-20,29H,11-12H2,(H2,26,36)(H,31,33)(H,32,37)(H,34,35)(H4,27,28,30)/t19-,20-/m0/s1. The van der Waals surface area contributed by atoms with Gasteiger partial charge in [0.2, 0.25) is 17.7 Å². The zero-order chi connectivity index (χ0) is 26.9. The van der Waals surface area contributed by atoms with E-state index in [1.807, 2.05) is 24.3 Å². The van der Waals surface area contributed by atoms with Crippen LogP contribution in [0.5, 0.6) is 0 Å². The number of para-hydroxylation sites is 1. The zero-order valence-corrected chi connectivity index (χ0v) is 19.7. The number of fused-ring (bicyclic) bond motifs is 1. The molecule has 3 rings (SSSR count). The van der Waals surface area contributed by atoms with Gasteiger partial charge in [-0.1, -0.05) is 30.3 Å². The van der Waals surface area contributed by atoms with Crippen LogP contribution in [0.4, 0.5) is 5.69 Å². The third-order valence-electron chi connectivity index (χ3n) is 5.35. The van der Waals surface area contributed by atoms with Gasteiger partial charge in [0.25, 0.3) is 0 Å². The van der Waals surface area contributed by atoms with Crippen LogP contribution in [-0.2, 0) is 25.6 Å². The number of carbonyl (C=O) groups is 4. The Labute approximate surface area is 211 Å². The smallest absolute Gasteiger partial charge is 0.305 e. The van der Waals surface area contributed by atoms with Gasteiger partial charge in [0, 0.05) is 29.6 Å². The minimum absolute atomic E-state index is 0.0780. The van der Waals surface area contributed by atoms with E-state index in [0.29, 0.717) is 11.3 Å². The molecule has 0 aliphatic rings. The van der Waals surface area contributed by atoms with Gasteiger partial charge in [-0.3, -0.25) is 19.2 Å². The lowest BCUT2D eigenvalue weighted by molar-refractivity contribution is -0.140. The largest absolute Gasteiger partial charge is 0.481 e. The quantitative estimate of drug-likeness (QED) is 0.109. The monoisotopic (exact) mass is 505 g/mol. The maximum atomic E-state index is 12.9. The highest BCUT2D eigenvalue weighted by atomic mass is 16.4. The average Bonchev–Trinajstić information content (AvgIpc) is 3.25. The van der Waals surface area contributed by atoms with E-state index in [1.165, 1.54) is 6.08 Å². The van der Waals surface area contributed by atoms with Gasteiger partial charge in [-0.15, -0.1) is 0 Å². The van der Waals surface area contributed by atoms with Gasteiger partial charge in [-0.05, 0) is 35.4 Å². The Balaban J connectivity index is 1.67. The van der Waals surface area contributed by atoms with Gasteiger partial charge in [0.1, 0.15) is 12.1 Å². The molecule has 0 fully saturated rings. The van der Waals surface area contributed by atoms with Crippen molar-refractivity contribution in [3.8, 4) is 0 Å². The third kappa shape index (κ3) is 7.68. The molecule has 0 radical (unpaired) electrons. The van der Waals surface area contributed by atoms with Gasteiger partial charge >= 0.3 is 5.97 Å². The van der Waals surface area contributed by atoms with E-state index >= 15 is 0 Å². The number of guanidine groups is 1. The normalized spacial score (nSPS) is 12.5. The Morgan fingerprint density at radius 1 is 0.973 bits per heavy atom. The number of carboxylic acids is 1. The highest BCUT2D eigenvalue weighted by Gasteiger charge is 2.27. The Bertz CT molecular complexity index is 1360. The van der Waals surface area contributed by atoms with E-state index in [4.69, 9.17) is 17.2 Å². The highest BCUT2D eigenvalue weighted by Crippen LogP contribution is 2.19. The van der Waals surface area contributed by atoms with Crippen molar-refractivity contribution in [2.75, 3.05) is 0 Å². The fourth-order valence-electron chi connectivity index (χ4n) is 3.60. The molecule has 0 spiro atoms. The summed E-state index contributed by atoms with van der Waals surface area (Å²) in [6.07, 6.45) is 3.70. The number of carbonyl (C=O) groups excluding carboxylic acids is 3. The number of nitrogens with two attached hydrogens (primary N) is 3. The summed E-state index contributed by atoms with van der Waals surface area (Å²) in [5.74, 6) is -3.77. The molecular formula is C25H27N7O5. The molecule has 10 N–H and O–H groups in total. The number of benzene rings is 2. The van der Waals surface area contributed by atoms with Crippen LogP contribution >= 0.6 is 0 Å². The van der Waals surface area contributed by atoms with Crippen molar-refractivity contribution in [3.63, 3.8) is 0 Å². The Morgan fingerprint density at radius 3 is 2.32 bits per heavy atom. The first-order valence-electron chi connectivity index (χ1n) is 11.2. The summed E-state index contributed by atoms with van der Waals surface area (Å²) < 4.78 is 0. The number of aromatic nitrogens is 1. The highest BCUT2D eigenvalue weighted by molar-refractivity contribution is 5.98. The lowest BCUT2D eigenvalue weighted by atomic mass is 10.0. The number of carboxylic acid groups (broad SMARTS) is 1. The van der Waals surface area contributed by atoms with Crippen LogP contribution in [0, 0.1) is 0 Å². The molecule has 2 aromatic carbocycles. The molecule has 192 valence electrons. The van der Waals surface area contributed by atoms with Crippen LogP contribution < -0.4 is 27.8 Å². The molecule has 2 atom stereocenters. The number of hydrogen-bond donors (Lipinski definition) is 7. The summed E-state index contributed by atoms with van der Waals surface area (Å²) >= 11 is 0. The van der Waals surface area contributed by atoms with E-state index in [2.05, 4.69) is 20.6 Å². The van der Waals surface area contributed by atoms with Gasteiger partial charge in [0.15, 0.2) is 5.96 Å². The number of aromatic amines is 1. The molecule has 0 unspecified atom stereocenters. The molecule has 1 aromatic heterocycles. The topological polar surface area (TPSA) is 219 Å². The van der Waals surface area contributed by atoms with Crippen LogP contribution in [0.15, 0.2) is 65.8 Å². The van der Waals surface area contributed by atoms with Gasteiger partial charge in [-0.2, -0.15) is 0 Å². The van der Waals surface area contributed by atoms with Crippen molar-refractivity contribution in [2.45, 2.75) is 24.9 Å². The van der Waals surface area contributed by atoms with Crippen LogP contribution in [0.1, 0.15) is 17.5 Å². The van der Waals surface area contributed by atoms with Crippen molar-refractivity contribution in [1.29, 1.82) is 0 Å². The Kier molecular flexibility index (Phi) is 8.60. The molecule has 0 saturated heterocycles. The molecule has 0 bridgehead atoms. The molecular weight excluding hydrogens is 478 g/mol. The molecule has 0 aliphatic carbocycles. The number of rotatable bonds is 11. The molecule has 3 aromatic rings. The molecule has 0 saturated carbocycles.